The van der Waals surface area contributed by atoms with Crippen LogP contribution in [0.3, 0.4) is 0 Å². The minimum absolute atomic E-state index is 0.0389. The van der Waals surface area contributed by atoms with Gasteiger partial charge in [-0.15, -0.1) is 0 Å². The van der Waals surface area contributed by atoms with Gasteiger partial charge in [0, 0.05) is 79.3 Å². The van der Waals surface area contributed by atoms with Crippen molar-refractivity contribution in [3.63, 3.8) is 0 Å². The fourth-order valence-electron chi connectivity index (χ4n) is 5.71. The molecule has 1 amide bonds. The van der Waals surface area contributed by atoms with Crippen LogP contribution in [-0.2, 0) is 0 Å². The van der Waals surface area contributed by atoms with E-state index in [4.69, 9.17) is 17.3 Å². The van der Waals surface area contributed by atoms with Crippen LogP contribution < -0.4 is 16.0 Å². The molecule has 9 nitrogen and oxygen atoms in total. The lowest BCUT2D eigenvalue weighted by molar-refractivity contribution is 0.0982. The molecule has 10 heteroatoms. The lowest BCUT2D eigenvalue weighted by Crippen LogP contribution is -2.52. The van der Waals surface area contributed by atoms with E-state index >= 15 is 0 Å². The molecule has 4 N–H and O–H groups in total. The predicted molar refractivity (Wildman–Crippen MR) is 157 cm³/mol. The van der Waals surface area contributed by atoms with Crippen LogP contribution in [0.2, 0.25) is 5.15 Å². The number of nitrogens with two attached hydrogens (primary N) is 1. The van der Waals surface area contributed by atoms with E-state index < -0.39 is 5.91 Å². The molecule has 4 aromatic rings. The number of piperidine rings is 1. The van der Waals surface area contributed by atoms with Crippen LogP contribution in [0.1, 0.15) is 23.3 Å². The number of fused-ring (bicyclic) bond motifs is 1. The first kappa shape index (κ1) is 25.6. The Balaban J connectivity index is 1.16. The van der Waals surface area contributed by atoms with Crippen molar-refractivity contribution in [3.05, 3.63) is 65.6 Å². The normalized spacial score (nSPS) is 17.5. The Morgan fingerprint density at radius 3 is 2.46 bits per heavy atom. The van der Waals surface area contributed by atoms with E-state index in [1.807, 2.05) is 42.6 Å². The van der Waals surface area contributed by atoms with Crippen molar-refractivity contribution < 1.29 is 4.79 Å². The Morgan fingerprint density at radius 1 is 1.00 bits per heavy atom. The van der Waals surface area contributed by atoms with Crippen molar-refractivity contribution >= 4 is 45.6 Å². The summed E-state index contributed by atoms with van der Waals surface area (Å²) in [6, 6.07) is 16.5. The highest BCUT2D eigenvalue weighted by molar-refractivity contribution is 6.32. The molecule has 2 aliphatic rings. The third-order valence-corrected chi connectivity index (χ3v) is 8.21. The summed E-state index contributed by atoms with van der Waals surface area (Å²) in [7, 11) is 2.20. The number of nitrogens with one attached hydrogen (secondary N) is 2. The molecule has 0 radical (unpaired) electrons. The van der Waals surface area contributed by atoms with Gasteiger partial charge in [-0.1, -0.05) is 23.7 Å². The molecule has 0 bridgehead atoms. The number of halogens is 1. The molecule has 0 aliphatic carbocycles. The van der Waals surface area contributed by atoms with E-state index in [2.05, 4.69) is 54.1 Å². The van der Waals surface area contributed by atoms with Gasteiger partial charge in [-0.05, 0) is 56.3 Å². The third kappa shape index (κ3) is 5.30. The number of hydrogen-bond acceptors (Lipinski definition) is 7. The molecule has 0 atom stereocenters. The van der Waals surface area contributed by atoms with Crippen molar-refractivity contribution in [1.82, 2.24) is 24.8 Å². The highest BCUT2D eigenvalue weighted by atomic mass is 35.5. The monoisotopic (exact) mass is 544 g/mol. The summed E-state index contributed by atoms with van der Waals surface area (Å²) < 4.78 is 0. The van der Waals surface area contributed by atoms with E-state index in [0.29, 0.717) is 11.7 Å². The summed E-state index contributed by atoms with van der Waals surface area (Å²) in [5.41, 5.74) is 9.84. The number of aromatic amines is 1. The van der Waals surface area contributed by atoms with E-state index in [1.165, 1.54) is 31.6 Å². The zero-order valence-corrected chi connectivity index (χ0v) is 22.8. The van der Waals surface area contributed by atoms with Gasteiger partial charge in [-0.25, -0.2) is 9.97 Å². The van der Waals surface area contributed by atoms with Crippen molar-refractivity contribution in [3.8, 4) is 11.3 Å². The summed E-state index contributed by atoms with van der Waals surface area (Å²) in [6.07, 6.45) is 4.21. The van der Waals surface area contributed by atoms with Crippen molar-refractivity contribution in [1.29, 1.82) is 0 Å². The van der Waals surface area contributed by atoms with Gasteiger partial charge in [-0.2, -0.15) is 0 Å². The second kappa shape index (κ2) is 10.8. The predicted octanol–water partition coefficient (Wildman–Crippen LogP) is 4.34. The smallest absolute Gasteiger partial charge is 0.271 e. The fraction of sp³-hybridized carbons (Fsp3) is 0.345. The zero-order chi connectivity index (χ0) is 26.9. The molecule has 0 spiro atoms. The van der Waals surface area contributed by atoms with Crippen molar-refractivity contribution in [2.24, 2.45) is 5.73 Å². The molecule has 4 heterocycles. The third-order valence-electron chi connectivity index (χ3n) is 7.95. The van der Waals surface area contributed by atoms with E-state index in [-0.39, 0.29) is 16.7 Å². The molecule has 2 aromatic heterocycles. The standard InChI is InChI=1S/C29H33ClN8O/c1-36-15-17-38(18-16-36)21-10-13-37(14-11-21)20-7-5-19(6-8-20)33-29-26(28(31)39)34-25(27(30)35-29)23-3-2-4-24-22(23)9-12-32-24/h2-9,12,21,32H,10-11,13-18H2,1H3,(H2,31,39)(H,33,35). The second-order valence-corrected chi connectivity index (χ2v) is 10.8. The number of carbonyl (C=O) groups excluding carboxylic acids is 1. The lowest BCUT2D eigenvalue weighted by Gasteiger charge is -2.42. The number of rotatable bonds is 6. The number of primary amides is 1. The summed E-state index contributed by atoms with van der Waals surface area (Å²) in [4.78, 5) is 32.1. The van der Waals surface area contributed by atoms with E-state index in [9.17, 15) is 4.79 Å². The first-order valence-corrected chi connectivity index (χ1v) is 13.8. The Kier molecular flexibility index (Phi) is 7.12. The number of nitrogens with zero attached hydrogens (tertiary/aromatic N) is 5. The summed E-state index contributed by atoms with van der Waals surface area (Å²) in [5.74, 6) is -0.442. The van der Waals surface area contributed by atoms with Crippen LogP contribution >= 0.6 is 11.6 Å². The molecule has 0 saturated carbocycles. The Bertz CT molecular complexity index is 1470. The Hall–Kier alpha value is -3.66. The van der Waals surface area contributed by atoms with Crippen LogP contribution in [0.4, 0.5) is 17.2 Å². The van der Waals surface area contributed by atoms with Crippen LogP contribution in [0.25, 0.3) is 22.2 Å². The van der Waals surface area contributed by atoms with Gasteiger partial charge in [0.15, 0.2) is 16.7 Å². The molecule has 39 heavy (non-hydrogen) atoms. The largest absolute Gasteiger partial charge is 0.371 e. The van der Waals surface area contributed by atoms with Crippen LogP contribution in [0, 0.1) is 0 Å². The van der Waals surface area contributed by atoms with Gasteiger partial charge >= 0.3 is 0 Å². The SMILES string of the molecule is CN1CCN(C2CCN(c3ccc(Nc4nc(Cl)c(-c5cccc6[nH]ccc56)nc4C(N)=O)cc3)CC2)CC1. The number of aromatic nitrogens is 3. The Morgan fingerprint density at radius 2 is 1.74 bits per heavy atom. The van der Waals surface area contributed by atoms with Gasteiger partial charge in [0.25, 0.3) is 5.91 Å². The van der Waals surface area contributed by atoms with Crippen molar-refractivity contribution in [2.45, 2.75) is 18.9 Å². The van der Waals surface area contributed by atoms with Crippen LogP contribution in [-0.4, -0.2) is 83.0 Å². The average Bonchev–Trinajstić information content (AvgIpc) is 3.44. The van der Waals surface area contributed by atoms with E-state index in [0.717, 1.165) is 48.3 Å². The highest BCUT2D eigenvalue weighted by Gasteiger charge is 2.27. The topological polar surface area (TPSA) is 106 Å². The summed E-state index contributed by atoms with van der Waals surface area (Å²) >= 11 is 6.59. The molecule has 2 fully saturated rings. The maximum Gasteiger partial charge on any atom is 0.271 e. The van der Waals surface area contributed by atoms with Gasteiger partial charge in [-0.3, -0.25) is 9.69 Å². The second-order valence-electron chi connectivity index (χ2n) is 10.4. The molecule has 0 unspecified atom stereocenters. The minimum Gasteiger partial charge on any atom is -0.371 e. The van der Waals surface area contributed by atoms with E-state index in [1.54, 1.807) is 0 Å². The lowest BCUT2D eigenvalue weighted by atomic mass is 10.0. The molecule has 2 saturated heterocycles. The zero-order valence-electron chi connectivity index (χ0n) is 22.0. The quantitative estimate of drug-likeness (QED) is 0.331. The first-order chi connectivity index (χ1) is 19.0. The number of amides is 1. The summed E-state index contributed by atoms with van der Waals surface area (Å²) in [6.45, 7) is 6.76. The molecule has 6 rings (SSSR count). The number of hydrogen-bond donors (Lipinski definition) is 3. The van der Waals surface area contributed by atoms with Crippen molar-refractivity contribution in [2.75, 3.05) is 56.5 Å². The molecular formula is C29H33ClN8O. The first-order valence-electron chi connectivity index (χ1n) is 13.4. The number of likely N-dealkylation sites (N-methyl/N-ethyl adjacent to an activating group) is 1. The van der Waals surface area contributed by atoms with Crippen LogP contribution in [0.5, 0.6) is 0 Å². The fourth-order valence-corrected chi connectivity index (χ4v) is 5.93. The number of benzene rings is 2. The van der Waals surface area contributed by atoms with Gasteiger partial charge in [0.2, 0.25) is 0 Å². The maximum absolute atomic E-state index is 12.4. The van der Waals surface area contributed by atoms with Gasteiger partial charge < -0.3 is 25.8 Å². The summed E-state index contributed by atoms with van der Waals surface area (Å²) in [5, 5.41) is 4.32. The average molecular weight is 545 g/mol. The number of carbonyl (C=O) groups is 1. The molecule has 2 aliphatic heterocycles. The van der Waals surface area contributed by atoms with Gasteiger partial charge in [0.05, 0.1) is 0 Å². The van der Waals surface area contributed by atoms with Crippen LogP contribution in [0.15, 0.2) is 54.7 Å². The molecular weight excluding hydrogens is 512 g/mol. The number of anilines is 3. The van der Waals surface area contributed by atoms with Gasteiger partial charge in [0.1, 0.15) is 5.69 Å². The maximum atomic E-state index is 12.4. The number of H-pyrrole nitrogens is 1. The highest BCUT2D eigenvalue weighted by Crippen LogP contribution is 2.33. The minimum atomic E-state index is -0.677. The molecule has 2 aromatic carbocycles. The Labute approximate surface area is 233 Å². The number of piperazine rings is 1. The molecule has 202 valence electrons.